The molecule has 7 heteroatoms. The third-order valence-electron chi connectivity index (χ3n) is 1.99. The Morgan fingerprint density at radius 2 is 1.25 bits per heavy atom. The van der Waals surface area contributed by atoms with Crippen LogP contribution >= 0.6 is 0 Å². The molecule has 1 aromatic rings. The molecule has 0 spiro atoms. The van der Waals surface area contributed by atoms with E-state index in [-0.39, 0.29) is 42.6 Å². The Morgan fingerprint density at radius 3 is 1.38 bits per heavy atom. The van der Waals surface area contributed by atoms with Crippen LogP contribution in [0.15, 0.2) is 48.2 Å². The average Bonchev–Trinajstić information content (AvgIpc) is 2.37. The van der Waals surface area contributed by atoms with Crippen molar-refractivity contribution in [2.75, 3.05) is 19.0 Å². The van der Waals surface area contributed by atoms with Gasteiger partial charge in [-0.2, -0.15) is 0 Å². The molecule has 1 rings (SSSR count). The zero-order valence-corrected chi connectivity index (χ0v) is 18.2. The number of hydrogen-bond donors (Lipinski definition) is 0. The molecule has 0 unspecified atom stereocenters. The largest absolute Gasteiger partial charge is 2.00 e. The van der Waals surface area contributed by atoms with Gasteiger partial charge >= 0.3 is 19.5 Å². The van der Waals surface area contributed by atoms with Crippen molar-refractivity contribution in [3.05, 3.63) is 48.2 Å². The van der Waals surface area contributed by atoms with Crippen LogP contribution in [0.3, 0.4) is 0 Å². The topological polar surface area (TPSA) is 96.4 Å². The maximum absolute atomic E-state index is 9.98. The van der Waals surface area contributed by atoms with Crippen LogP contribution in [0, 0.1) is 0 Å². The molecular formula is C17H24N2O4Zn. The number of rotatable bonds is 3. The van der Waals surface area contributed by atoms with Gasteiger partial charge < -0.3 is 15.1 Å². The molecule has 1 aromatic heterocycles. The van der Waals surface area contributed by atoms with Gasteiger partial charge in [0.05, 0.1) is 0 Å². The molecule has 128 valence electrons. The minimum atomic E-state index is -0.187. The van der Waals surface area contributed by atoms with Gasteiger partial charge in [0.2, 0.25) is 0 Å². The number of pyridine rings is 1. The molecule has 0 atom stereocenters. The molecule has 0 N–H and O–H groups in total. The summed E-state index contributed by atoms with van der Waals surface area (Å²) >= 11 is 0. The van der Waals surface area contributed by atoms with Crippen molar-refractivity contribution in [1.82, 2.24) is 4.98 Å². The molecule has 24 heavy (non-hydrogen) atoms. The van der Waals surface area contributed by atoms with E-state index in [0.29, 0.717) is 0 Å². The molecule has 6 nitrogen and oxygen atoms in total. The molecule has 0 aliphatic carbocycles. The van der Waals surface area contributed by atoms with E-state index in [2.05, 4.69) is 4.98 Å². The van der Waals surface area contributed by atoms with Crippen LogP contribution in [0.5, 0.6) is 0 Å². The van der Waals surface area contributed by atoms with Crippen molar-refractivity contribution in [1.29, 1.82) is 0 Å². The first kappa shape index (κ1) is 26.9. The van der Waals surface area contributed by atoms with Crippen molar-refractivity contribution in [3.63, 3.8) is 0 Å². The number of aromatic nitrogens is 1. The zero-order chi connectivity index (χ0) is 18.4. The van der Waals surface area contributed by atoms with Crippen LogP contribution in [0.4, 0.5) is 5.69 Å². The van der Waals surface area contributed by atoms with E-state index in [1.165, 1.54) is 33.4 Å². The van der Waals surface area contributed by atoms with Gasteiger partial charge in [0.15, 0.2) is 11.6 Å². The predicted octanol–water partition coefficient (Wildman–Crippen LogP) is 0.824. The Bertz CT molecular complexity index is 505. The fourth-order valence-electron chi connectivity index (χ4n) is 1.21. The number of hydrogen-bond acceptors (Lipinski definition) is 6. The van der Waals surface area contributed by atoms with Crippen LogP contribution in [-0.2, 0) is 29.1 Å². The Kier molecular flexibility index (Phi) is 17.8. The van der Waals surface area contributed by atoms with Gasteiger partial charge in [-0.25, -0.2) is 0 Å². The molecule has 0 radical (unpaired) electrons. The fourth-order valence-corrected chi connectivity index (χ4v) is 1.21. The van der Waals surface area contributed by atoms with Crippen molar-refractivity contribution in [3.8, 4) is 0 Å². The summed E-state index contributed by atoms with van der Waals surface area (Å²) in [5.41, 5.74) is 1.19. The van der Waals surface area contributed by atoms with Crippen LogP contribution in [0.25, 0.3) is 0 Å². The van der Waals surface area contributed by atoms with Gasteiger partial charge in [0, 0.05) is 32.2 Å². The zero-order valence-electron chi connectivity index (χ0n) is 15.2. The second kappa shape index (κ2) is 15.9. The van der Waals surface area contributed by atoms with Crippen LogP contribution in [-0.4, -0.2) is 30.6 Å². The number of carbonyl (C=O) groups is 2. The summed E-state index contributed by atoms with van der Waals surface area (Å²) < 4.78 is 0. The second-order valence-electron chi connectivity index (χ2n) is 4.83. The minimum Gasteiger partial charge on any atom is -0.876 e. The molecule has 0 fully saturated rings. The first-order chi connectivity index (χ1) is 10.6. The van der Waals surface area contributed by atoms with Crippen molar-refractivity contribution in [2.45, 2.75) is 27.7 Å². The molecule has 0 saturated carbocycles. The summed E-state index contributed by atoms with van der Waals surface area (Å²) in [6, 6.07) is 3.94. The van der Waals surface area contributed by atoms with Gasteiger partial charge in [-0.3, -0.25) is 14.6 Å². The SMILES string of the molecule is CC(=O)/C=C(/C)[O-].CC(=O)/C=C(/C)[O-].CN(C)c1ccncc1.[Zn+2]. The van der Waals surface area contributed by atoms with Gasteiger partial charge in [0.1, 0.15) is 0 Å². The molecule has 1 heterocycles. The smallest absolute Gasteiger partial charge is 0.876 e. The minimum absolute atomic E-state index is 0. The van der Waals surface area contributed by atoms with Crippen LogP contribution in [0.2, 0.25) is 0 Å². The van der Waals surface area contributed by atoms with E-state index < -0.39 is 0 Å². The summed E-state index contributed by atoms with van der Waals surface area (Å²) in [5.74, 6) is -0.750. The summed E-state index contributed by atoms with van der Waals surface area (Å²) in [4.78, 5) is 25.9. The van der Waals surface area contributed by atoms with Crippen molar-refractivity contribution < 1.29 is 39.3 Å². The predicted molar refractivity (Wildman–Crippen MR) is 87.4 cm³/mol. The Balaban J connectivity index is -0.000000274. The molecule has 0 bridgehead atoms. The van der Waals surface area contributed by atoms with E-state index in [9.17, 15) is 19.8 Å². The van der Waals surface area contributed by atoms with E-state index in [0.717, 1.165) is 12.2 Å². The standard InChI is InChI=1S/C7H10N2.2C5H8O2.Zn/c1-9(2)7-3-5-8-6-4-7;2*1-4(6)3-5(2)7;/h3-6H,1-2H3;2*3,6H,1-2H3;/q;;;+2/p-2/b;2*4-3-;. The van der Waals surface area contributed by atoms with Gasteiger partial charge in [-0.1, -0.05) is 13.8 Å². The van der Waals surface area contributed by atoms with Crippen molar-refractivity contribution >= 4 is 17.3 Å². The quantitative estimate of drug-likeness (QED) is 0.434. The summed E-state index contributed by atoms with van der Waals surface area (Å²) in [5, 5.41) is 20.0. The molecular weight excluding hydrogens is 362 g/mol. The van der Waals surface area contributed by atoms with E-state index >= 15 is 0 Å². The van der Waals surface area contributed by atoms with Crippen LogP contribution < -0.4 is 15.1 Å². The molecule has 0 saturated heterocycles. The van der Waals surface area contributed by atoms with Crippen molar-refractivity contribution in [2.24, 2.45) is 0 Å². The number of carbonyl (C=O) groups excluding carboxylic acids is 2. The second-order valence-corrected chi connectivity index (χ2v) is 4.83. The summed E-state index contributed by atoms with van der Waals surface area (Å²) in [6.07, 6.45) is 5.69. The first-order valence-electron chi connectivity index (χ1n) is 6.85. The normalized spacial score (nSPS) is 10.1. The van der Waals surface area contributed by atoms with E-state index in [4.69, 9.17) is 0 Å². The van der Waals surface area contributed by atoms with E-state index in [1.807, 2.05) is 31.1 Å². The number of anilines is 1. The van der Waals surface area contributed by atoms with Gasteiger partial charge in [-0.05, 0) is 38.1 Å². The molecule has 0 amide bonds. The number of ketones is 2. The van der Waals surface area contributed by atoms with E-state index in [1.54, 1.807) is 12.4 Å². The summed E-state index contributed by atoms with van der Waals surface area (Å²) in [6.45, 7) is 5.39. The molecule has 0 aromatic carbocycles. The molecule has 0 aliphatic rings. The Hall–Kier alpha value is -2.01. The fraction of sp³-hybridized carbons (Fsp3) is 0.353. The summed E-state index contributed by atoms with van der Waals surface area (Å²) in [7, 11) is 4.02. The number of nitrogens with zero attached hydrogens (tertiary/aromatic N) is 2. The third-order valence-corrected chi connectivity index (χ3v) is 1.99. The van der Waals surface area contributed by atoms with Gasteiger partial charge in [0.25, 0.3) is 0 Å². The average molecular weight is 386 g/mol. The molecule has 0 aliphatic heterocycles. The third kappa shape index (κ3) is 22.3. The maximum Gasteiger partial charge on any atom is 2.00 e. The first-order valence-corrected chi connectivity index (χ1v) is 6.85. The van der Waals surface area contributed by atoms with Crippen LogP contribution in [0.1, 0.15) is 27.7 Å². The maximum atomic E-state index is 9.98. The number of allylic oxidation sites excluding steroid dienone is 4. The Morgan fingerprint density at radius 1 is 0.917 bits per heavy atom. The monoisotopic (exact) mass is 384 g/mol. The van der Waals surface area contributed by atoms with Gasteiger partial charge in [-0.15, -0.1) is 11.5 Å². The Labute approximate surface area is 156 Å².